The zero-order chi connectivity index (χ0) is 21.7. The van der Waals surface area contributed by atoms with Crippen LogP contribution in [-0.2, 0) is 26.2 Å². The van der Waals surface area contributed by atoms with E-state index in [2.05, 4.69) is 15.6 Å². The molecular formula is C19H26N4O5S2. The van der Waals surface area contributed by atoms with Crippen molar-refractivity contribution in [1.82, 2.24) is 14.6 Å². The highest BCUT2D eigenvalue weighted by atomic mass is 32.2. The summed E-state index contributed by atoms with van der Waals surface area (Å²) in [6.45, 7) is 3.89. The number of thiazole rings is 1. The molecule has 2 N–H and O–H groups in total. The molecule has 0 bridgehead atoms. The van der Waals surface area contributed by atoms with Gasteiger partial charge in [-0.15, -0.1) is 11.3 Å². The van der Waals surface area contributed by atoms with Gasteiger partial charge in [0.25, 0.3) is 0 Å². The van der Waals surface area contributed by atoms with Crippen molar-refractivity contribution in [3.8, 4) is 11.5 Å². The van der Waals surface area contributed by atoms with Gasteiger partial charge in [-0.3, -0.25) is 9.59 Å². The maximum atomic E-state index is 12.8. The highest BCUT2D eigenvalue weighted by Gasteiger charge is 2.36. The number of carbonyl (C=O) groups is 2. The Balaban J connectivity index is 1.67. The van der Waals surface area contributed by atoms with Gasteiger partial charge in [-0.05, 0) is 31.4 Å². The number of sulfonamides is 1. The normalized spacial score (nSPS) is 17.6. The number of hydrogen-bond acceptors (Lipinski definition) is 7. The summed E-state index contributed by atoms with van der Waals surface area (Å²) in [5.74, 6) is 0.650. The smallest absolute Gasteiger partial charge is 0.244 e. The number of hydrogen-bond donors (Lipinski definition) is 2. The van der Waals surface area contributed by atoms with Crippen LogP contribution in [0.4, 0.5) is 5.13 Å². The molecule has 9 nitrogen and oxygen atoms in total. The number of nitrogens with one attached hydrogen (secondary N) is 2. The van der Waals surface area contributed by atoms with Gasteiger partial charge in [-0.2, -0.15) is 4.31 Å². The molecule has 1 aliphatic heterocycles. The lowest BCUT2D eigenvalue weighted by Gasteiger charge is -2.33. The lowest BCUT2D eigenvalue weighted by atomic mass is 10.0. The van der Waals surface area contributed by atoms with Crippen LogP contribution in [0.25, 0.3) is 11.5 Å². The van der Waals surface area contributed by atoms with Crippen molar-refractivity contribution in [3.05, 3.63) is 23.3 Å². The second kappa shape index (κ2) is 9.71. The summed E-state index contributed by atoms with van der Waals surface area (Å²) in [6.07, 6.45) is 2.57. The Kier molecular flexibility index (Phi) is 7.27. The Hall–Kier alpha value is -2.24. The van der Waals surface area contributed by atoms with Crippen LogP contribution in [0.15, 0.2) is 21.9 Å². The minimum Gasteiger partial charge on any atom is -0.458 e. The largest absolute Gasteiger partial charge is 0.458 e. The fourth-order valence-electron chi connectivity index (χ4n) is 3.33. The number of nitrogens with zero attached hydrogens (tertiary/aromatic N) is 2. The molecule has 0 aliphatic carbocycles. The molecule has 1 atom stereocenters. The number of anilines is 1. The van der Waals surface area contributed by atoms with E-state index >= 15 is 0 Å². The highest BCUT2D eigenvalue weighted by molar-refractivity contribution is 7.89. The first-order valence-corrected chi connectivity index (χ1v) is 12.4. The van der Waals surface area contributed by atoms with E-state index in [-0.39, 0.29) is 24.1 Å². The SMILES string of the molecule is CCCS(=O)(=O)N1CCCCC1C(=O)Nc1nc(-c2ccc(CNC(C)=O)o2)cs1. The topological polar surface area (TPSA) is 122 Å². The van der Waals surface area contributed by atoms with Crippen molar-refractivity contribution in [2.45, 2.75) is 52.1 Å². The monoisotopic (exact) mass is 454 g/mol. The standard InChI is InChI=1S/C19H26N4O5S2/c1-3-10-30(26,27)23-9-5-4-6-16(23)18(25)22-19-21-15(12-29-19)17-8-7-14(28-17)11-20-13(2)24/h7-8,12,16H,3-6,9-11H2,1-2H3,(H,20,24)(H,21,22,25). The highest BCUT2D eigenvalue weighted by Crippen LogP contribution is 2.28. The van der Waals surface area contributed by atoms with Crippen LogP contribution in [0.2, 0.25) is 0 Å². The third-order valence-electron chi connectivity index (χ3n) is 4.74. The van der Waals surface area contributed by atoms with E-state index in [1.165, 1.54) is 22.6 Å². The number of rotatable bonds is 8. The second-order valence-electron chi connectivity index (χ2n) is 7.14. The molecule has 3 rings (SSSR count). The van der Waals surface area contributed by atoms with Crippen molar-refractivity contribution in [2.24, 2.45) is 0 Å². The Bertz CT molecular complexity index is 998. The van der Waals surface area contributed by atoms with Crippen molar-refractivity contribution in [1.29, 1.82) is 0 Å². The third-order valence-corrected chi connectivity index (χ3v) is 7.57. The van der Waals surface area contributed by atoms with Crippen molar-refractivity contribution in [3.63, 3.8) is 0 Å². The summed E-state index contributed by atoms with van der Waals surface area (Å²) in [5, 5.41) is 7.55. The van der Waals surface area contributed by atoms with Crippen molar-refractivity contribution >= 4 is 38.3 Å². The summed E-state index contributed by atoms with van der Waals surface area (Å²) >= 11 is 1.24. The molecule has 11 heteroatoms. The molecule has 1 unspecified atom stereocenters. The zero-order valence-electron chi connectivity index (χ0n) is 17.0. The molecule has 0 aromatic carbocycles. The molecule has 30 heavy (non-hydrogen) atoms. The van der Waals surface area contributed by atoms with Crippen LogP contribution >= 0.6 is 11.3 Å². The van der Waals surface area contributed by atoms with Crippen LogP contribution in [0, 0.1) is 0 Å². The summed E-state index contributed by atoms with van der Waals surface area (Å²) in [5.41, 5.74) is 0.559. The van der Waals surface area contributed by atoms with Gasteiger partial charge < -0.3 is 15.1 Å². The maximum Gasteiger partial charge on any atom is 0.244 e. The molecule has 0 saturated carbocycles. The van der Waals surface area contributed by atoms with E-state index in [9.17, 15) is 18.0 Å². The zero-order valence-corrected chi connectivity index (χ0v) is 18.6. The average molecular weight is 455 g/mol. The van der Waals surface area contributed by atoms with E-state index in [4.69, 9.17) is 4.42 Å². The molecule has 3 heterocycles. The van der Waals surface area contributed by atoms with E-state index in [1.54, 1.807) is 17.5 Å². The third kappa shape index (κ3) is 5.46. The predicted octanol–water partition coefficient (Wildman–Crippen LogP) is 2.57. The first-order valence-electron chi connectivity index (χ1n) is 9.89. The summed E-state index contributed by atoms with van der Waals surface area (Å²) in [4.78, 5) is 28.2. The molecule has 0 radical (unpaired) electrons. The lowest BCUT2D eigenvalue weighted by molar-refractivity contribution is -0.120. The van der Waals surface area contributed by atoms with Crippen LogP contribution in [-0.4, -0.2) is 47.9 Å². The second-order valence-corrected chi connectivity index (χ2v) is 10.0. The van der Waals surface area contributed by atoms with E-state index in [0.717, 1.165) is 12.8 Å². The van der Waals surface area contributed by atoms with Gasteiger partial charge in [0, 0.05) is 18.8 Å². The van der Waals surface area contributed by atoms with Gasteiger partial charge in [-0.25, -0.2) is 13.4 Å². The average Bonchev–Trinajstić information content (AvgIpc) is 3.35. The van der Waals surface area contributed by atoms with Gasteiger partial charge in [0.2, 0.25) is 21.8 Å². The summed E-state index contributed by atoms with van der Waals surface area (Å²) in [7, 11) is -3.46. The Morgan fingerprint density at radius 1 is 1.33 bits per heavy atom. The van der Waals surface area contributed by atoms with Crippen molar-refractivity contribution in [2.75, 3.05) is 17.6 Å². The van der Waals surface area contributed by atoms with Gasteiger partial charge in [0.05, 0.1) is 12.3 Å². The minimum absolute atomic E-state index is 0.0392. The van der Waals surface area contributed by atoms with Crippen LogP contribution < -0.4 is 10.6 Å². The van der Waals surface area contributed by atoms with Crippen LogP contribution in [0.1, 0.15) is 45.3 Å². The summed E-state index contributed by atoms with van der Waals surface area (Å²) in [6, 6.07) is 2.79. The van der Waals surface area contributed by atoms with E-state index < -0.39 is 16.1 Å². The first kappa shape index (κ1) is 22.4. The number of amides is 2. The van der Waals surface area contributed by atoms with Gasteiger partial charge in [0.15, 0.2) is 10.9 Å². The molecule has 1 fully saturated rings. The molecule has 2 aromatic heterocycles. The number of furan rings is 1. The van der Waals surface area contributed by atoms with Crippen LogP contribution in [0.5, 0.6) is 0 Å². The van der Waals surface area contributed by atoms with E-state index in [0.29, 0.717) is 41.7 Å². The first-order chi connectivity index (χ1) is 14.3. The van der Waals surface area contributed by atoms with E-state index in [1.807, 2.05) is 6.92 Å². The van der Waals surface area contributed by atoms with Crippen LogP contribution in [0.3, 0.4) is 0 Å². The molecule has 0 spiro atoms. The molecule has 1 saturated heterocycles. The van der Waals surface area contributed by atoms with Gasteiger partial charge >= 0.3 is 0 Å². The minimum atomic E-state index is -3.46. The predicted molar refractivity (Wildman–Crippen MR) is 114 cm³/mol. The Labute approximate surface area is 179 Å². The molecule has 164 valence electrons. The molecule has 2 aromatic rings. The fraction of sp³-hybridized carbons (Fsp3) is 0.526. The summed E-state index contributed by atoms with van der Waals surface area (Å²) < 4.78 is 32.1. The number of piperidine rings is 1. The molecule has 2 amide bonds. The van der Waals surface area contributed by atoms with Crippen molar-refractivity contribution < 1.29 is 22.4 Å². The Morgan fingerprint density at radius 3 is 2.87 bits per heavy atom. The quantitative estimate of drug-likeness (QED) is 0.632. The fourth-order valence-corrected chi connectivity index (χ4v) is 5.78. The van der Waals surface area contributed by atoms with Gasteiger partial charge in [0.1, 0.15) is 17.5 Å². The molecule has 1 aliphatic rings. The Morgan fingerprint density at radius 2 is 2.13 bits per heavy atom. The number of aromatic nitrogens is 1. The number of carbonyl (C=O) groups excluding carboxylic acids is 2. The maximum absolute atomic E-state index is 12.8. The lowest BCUT2D eigenvalue weighted by Crippen LogP contribution is -2.50. The van der Waals surface area contributed by atoms with Gasteiger partial charge in [-0.1, -0.05) is 13.3 Å². The molecular weight excluding hydrogens is 428 g/mol.